The van der Waals surface area contributed by atoms with Crippen LogP contribution in [0, 0.1) is 0 Å². The van der Waals surface area contributed by atoms with Crippen molar-refractivity contribution >= 4 is 11.8 Å². The second-order valence-corrected chi connectivity index (χ2v) is 5.98. The van der Waals surface area contributed by atoms with E-state index in [1.54, 1.807) is 11.8 Å². The number of tetrazole rings is 1. The van der Waals surface area contributed by atoms with E-state index in [1.165, 1.54) is 36.0 Å². The van der Waals surface area contributed by atoms with Crippen LogP contribution in [0.5, 0.6) is 0 Å². The first kappa shape index (κ1) is 13.6. The molecule has 0 aliphatic heterocycles. The number of likely N-dealkylation sites (N-methyl/N-ethyl adjacent to an activating group) is 1. The molecule has 2 aromatic rings. The van der Waals surface area contributed by atoms with Crippen LogP contribution in [0.15, 0.2) is 23.4 Å². The number of hydrogen-bond acceptors (Lipinski definition) is 5. The molecule has 0 fully saturated rings. The molecule has 106 valence electrons. The molecule has 1 aliphatic rings. The average molecular weight is 289 g/mol. The predicted octanol–water partition coefficient (Wildman–Crippen LogP) is 1.67. The minimum Gasteiger partial charge on any atom is -0.318 e. The summed E-state index contributed by atoms with van der Waals surface area (Å²) in [5, 5.41) is 15.9. The van der Waals surface area contributed by atoms with Crippen molar-refractivity contribution in [3.05, 3.63) is 34.9 Å². The van der Waals surface area contributed by atoms with Gasteiger partial charge in [0.1, 0.15) is 0 Å². The molecule has 20 heavy (non-hydrogen) atoms. The van der Waals surface area contributed by atoms with Crippen LogP contribution in [0.1, 0.15) is 23.1 Å². The lowest BCUT2D eigenvalue weighted by Gasteiger charge is -2.06. The first-order valence-corrected chi connectivity index (χ1v) is 7.99. The Labute approximate surface area is 123 Å². The molecular weight excluding hydrogens is 270 g/mol. The zero-order valence-electron chi connectivity index (χ0n) is 11.7. The van der Waals surface area contributed by atoms with Gasteiger partial charge in [-0.05, 0) is 53.4 Å². The molecule has 6 heteroatoms. The van der Waals surface area contributed by atoms with Gasteiger partial charge in [-0.1, -0.05) is 30.0 Å². The van der Waals surface area contributed by atoms with E-state index in [-0.39, 0.29) is 0 Å². The summed E-state index contributed by atoms with van der Waals surface area (Å²) in [5.74, 6) is 0.924. The number of fused-ring (bicyclic) bond motifs is 1. The third-order valence-corrected chi connectivity index (χ3v) is 4.63. The third-order valence-electron chi connectivity index (χ3n) is 3.60. The minimum atomic E-state index is 0.802. The third kappa shape index (κ3) is 3.02. The molecule has 1 aromatic heterocycles. The van der Waals surface area contributed by atoms with Gasteiger partial charge in [-0.25, -0.2) is 4.68 Å². The van der Waals surface area contributed by atoms with Gasteiger partial charge in [-0.3, -0.25) is 0 Å². The SMILES string of the molecule is CNCCn1nnnc1SCc1ccc2c(c1)CCC2. The highest BCUT2D eigenvalue weighted by Crippen LogP contribution is 2.26. The highest BCUT2D eigenvalue weighted by atomic mass is 32.2. The van der Waals surface area contributed by atoms with Gasteiger partial charge in [0.15, 0.2) is 0 Å². The second kappa shape index (κ2) is 6.37. The molecule has 1 N–H and O–H groups in total. The van der Waals surface area contributed by atoms with E-state index in [9.17, 15) is 0 Å². The Morgan fingerprint density at radius 1 is 1.30 bits per heavy atom. The van der Waals surface area contributed by atoms with E-state index in [2.05, 4.69) is 39.0 Å². The van der Waals surface area contributed by atoms with Crippen LogP contribution in [0.3, 0.4) is 0 Å². The standard InChI is InChI=1S/C14H19N5S/c1-15-7-8-19-14(16-17-18-19)20-10-11-5-6-12-3-2-4-13(12)9-11/h5-6,9,15H,2-4,7-8,10H2,1H3. The van der Waals surface area contributed by atoms with Gasteiger partial charge in [0, 0.05) is 12.3 Å². The summed E-state index contributed by atoms with van der Waals surface area (Å²) in [7, 11) is 1.93. The molecule has 0 radical (unpaired) electrons. The molecule has 0 spiro atoms. The number of nitrogens with zero attached hydrogens (tertiary/aromatic N) is 4. The molecule has 0 unspecified atom stereocenters. The lowest BCUT2D eigenvalue weighted by molar-refractivity contribution is 0.530. The molecule has 0 saturated heterocycles. The summed E-state index contributed by atoms with van der Waals surface area (Å²) < 4.78 is 1.86. The van der Waals surface area contributed by atoms with E-state index in [0.717, 1.165) is 24.0 Å². The fourth-order valence-electron chi connectivity index (χ4n) is 2.52. The van der Waals surface area contributed by atoms with Crippen LogP contribution in [-0.4, -0.2) is 33.8 Å². The molecule has 1 heterocycles. The van der Waals surface area contributed by atoms with E-state index < -0.39 is 0 Å². The van der Waals surface area contributed by atoms with Gasteiger partial charge in [0.05, 0.1) is 6.54 Å². The lowest BCUT2D eigenvalue weighted by atomic mass is 10.1. The maximum absolute atomic E-state index is 4.09. The molecule has 0 bridgehead atoms. The molecule has 0 saturated carbocycles. The Hall–Kier alpha value is -1.40. The number of aromatic nitrogens is 4. The molecular formula is C14H19N5S. The zero-order valence-corrected chi connectivity index (χ0v) is 12.5. The number of nitrogens with one attached hydrogen (secondary N) is 1. The van der Waals surface area contributed by atoms with Gasteiger partial charge >= 0.3 is 0 Å². The highest BCUT2D eigenvalue weighted by Gasteiger charge is 2.12. The smallest absolute Gasteiger partial charge is 0.209 e. The van der Waals surface area contributed by atoms with Crippen LogP contribution in [-0.2, 0) is 25.1 Å². The Kier molecular flexibility index (Phi) is 4.32. The van der Waals surface area contributed by atoms with E-state index >= 15 is 0 Å². The zero-order chi connectivity index (χ0) is 13.8. The summed E-state index contributed by atoms with van der Waals surface area (Å²) >= 11 is 1.70. The Morgan fingerprint density at radius 2 is 2.20 bits per heavy atom. The summed E-state index contributed by atoms with van der Waals surface area (Å²) in [6, 6.07) is 6.86. The maximum atomic E-state index is 4.09. The van der Waals surface area contributed by atoms with Crippen molar-refractivity contribution in [1.82, 2.24) is 25.5 Å². The number of rotatable bonds is 6. The summed E-state index contributed by atoms with van der Waals surface area (Å²) in [6.45, 7) is 1.67. The summed E-state index contributed by atoms with van der Waals surface area (Å²) in [5.41, 5.74) is 4.41. The fraction of sp³-hybridized carbons (Fsp3) is 0.500. The minimum absolute atomic E-state index is 0.802. The second-order valence-electron chi connectivity index (χ2n) is 5.03. The molecule has 1 aromatic carbocycles. The molecule has 0 amide bonds. The van der Waals surface area contributed by atoms with Gasteiger partial charge < -0.3 is 5.32 Å². The first-order chi connectivity index (χ1) is 9.86. The fourth-order valence-corrected chi connectivity index (χ4v) is 3.37. The van der Waals surface area contributed by atoms with Crippen LogP contribution in [0.25, 0.3) is 0 Å². The van der Waals surface area contributed by atoms with Gasteiger partial charge in [-0.2, -0.15) is 0 Å². The largest absolute Gasteiger partial charge is 0.318 e. The first-order valence-electron chi connectivity index (χ1n) is 7.01. The monoisotopic (exact) mass is 289 g/mol. The normalized spacial score (nSPS) is 13.7. The van der Waals surface area contributed by atoms with Crippen molar-refractivity contribution in [2.75, 3.05) is 13.6 Å². The number of hydrogen-bond donors (Lipinski definition) is 1. The van der Waals surface area contributed by atoms with E-state index in [4.69, 9.17) is 0 Å². The van der Waals surface area contributed by atoms with Crippen molar-refractivity contribution in [3.63, 3.8) is 0 Å². The van der Waals surface area contributed by atoms with Crippen molar-refractivity contribution < 1.29 is 0 Å². The van der Waals surface area contributed by atoms with Crippen LogP contribution in [0.4, 0.5) is 0 Å². The van der Waals surface area contributed by atoms with E-state index in [1.807, 2.05) is 11.7 Å². The van der Waals surface area contributed by atoms with Gasteiger partial charge in [-0.15, -0.1) is 5.10 Å². The summed E-state index contributed by atoms with van der Waals surface area (Å²) in [6.07, 6.45) is 3.77. The molecule has 0 atom stereocenters. The lowest BCUT2D eigenvalue weighted by Crippen LogP contribution is -2.16. The molecule has 3 rings (SSSR count). The number of aryl methyl sites for hydroxylation is 2. The van der Waals surface area contributed by atoms with Crippen LogP contribution < -0.4 is 5.32 Å². The van der Waals surface area contributed by atoms with Crippen molar-refractivity contribution in [1.29, 1.82) is 0 Å². The molecule has 5 nitrogen and oxygen atoms in total. The number of thioether (sulfide) groups is 1. The maximum Gasteiger partial charge on any atom is 0.209 e. The van der Waals surface area contributed by atoms with Crippen LogP contribution >= 0.6 is 11.8 Å². The summed E-state index contributed by atoms with van der Waals surface area (Å²) in [4.78, 5) is 0. The average Bonchev–Trinajstić information content (AvgIpc) is 3.11. The topological polar surface area (TPSA) is 55.6 Å². The molecule has 1 aliphatic carbocycles. The van der Waals surface area contributed by atoms with Crippen molar-refractivity contribution in [3.8, 4) is 0 Å². The van der Waals surface area contributed by atoms with Gasteiger partial charge in [0.25, 0.3) is 0 Å². The van der Waals surface area contributed by atoms with Crippen molar-refractivity contribution in [2.24, 2.45) is 0 Å². The van der Waals surface area contributed by atoms with Crippen LogP contribution in [0.2, 0.25) is 0 Å². The van der Waals surface area contributed by atoms with Gasteiger partial charge in [0.2, 0.25) is 5.16 Å². The predicted molar refractivity (Wildman–Crippen MR) is 79.8 cm³/mol. The highest BCUT2D eigenvalue weighted by molar-refractivity contribution is 7.98. The Bertz CT molecular complexity index is 581. The quantitative estimate of drug-likeness (QED) is 0.820. The Morgan fingerprint density at radius 3 is 3.10 bits per heavy atom. The Balaban J connectivity index is 1.63. The van der Waals surface area contributed by atoms with Crippen molar-refractivity contribution in [2.45, 2.75) is 36.7 Å². The number of benzene rings is 1. The van der Waals surface area contributed by atoms with E-state index in [0.29, 0.717) is 0 Å².